The van der Waals surface area contributed by atoms with Crippen LogP contribution in [0.4, 0.5) is 0 Å². The van der Waals surface area contributed by atoms with Crippen LogP contribution in [0.25, 0.3) is 11.1 Å². The number of nitrogens with zero attached hydrogens (tertiary/aromatic N) is 1. The second kappa shape index (κ2) is 4.84. The summed E-state index contributed by atoms with van der Waals surface area (Å²) in [6.07, 6.45) is 1.05. The lowest BCUT2D eigenvalue weighted by atomic mass is 9.95. The van der Waals surface area contributed by atoms with Crippen LogP contribution in [0.5, 0.6) is 0 Å². The Hall–Kier alpha value is -2.07. The van der Waals surface area contributed by atoms with Crippen LogP contribution in [-0.4, -0.2) is 0 Å². The van der Waals surface area contributed by atoms with Gasteiger partial charge in [-0.15, -0.1) is 0 Å². The molecule has 0 saturated heterocycles. The summed E-state index contributed by atoms with van der Waals surface area (Å²) < 4.78 is 0. The zero-order valence-corrected chi connectivity index (χ0v) is 10.2. The van der Waals surface area contributed by atoms with E-state index in [1.54, 1.807) is 0 Å². The summed E-state index contributed by atoms with van der Waals surface area (Å²) in [6, 6.07) is 16.3. The van der Waals surface area contributed by atoms with Crippen LogP contribution in [0.15, 0.2) is 42.5 Å². The summed E-state index contributed by atoms with van der Waals surface area (Å²) in [6.45, 7) is 4.33. The molecule has 0 aliphatic rings. The van der Waals surface area contributed by atoms with E-state index in [0.29, 0.717) is 5.56 Å². The van der Waals surface area contributed by atoms with E-state index in [1.807, 2.05) is 24.3 Å². The molecule has 0 aliphatic carbocycles. The van der Waals surface area contributed by atoms with Gasteiger partial charge >= 0.3 is 0 Å². The predicted molar refractivity (Wildman–Crippen MR) is 70.7 cm³/mol. The van der Waals surface area contributed by atoms with Gasteiger partial charge in [0.2, 0.25) is 0 Å². The molecule has 0 aromatic heterocycles. The van der Waals surface area contributed by atoms with Crippen LogP contribution in [0.2, 0.25) is 0 Å². The molecule has 0 amide bonds. The maximum absolute atomic E-state index is 8.79. The van der Waals surface area contributed by atoms with Crippen LogP contribution >= 0.6 is 0 Å². The van der Waals surface area contributed by atoms with Crippen molar-refractivity contribution < 1.29 is 0 Å². The average molecular weight is 221 g/mol. The molecular formula is C16H15N. The van der Waals surface area contributed by atoms with Gasteiger partial charge in [0.05, 0.1) is 11.6 Å². The van der Waals surface area contributed by atoms with Crippen molar-refractivity contribution in [1.29, 1.82) is 5.26 Å². The molecule has 84 valence electrons. The summed E-state index contributed by atoms with van der Waals surface area (Å²) in [4.78, 5) is 0. The Morgan fingerprint density at radius 2 is 1.76 bits per heavy atom. The molecule has 0 unspecified atom stereocenters. The van der Waals surface area contributed by atoms with E-state index < -0.39 is 0 Å². The number of hydrogen-bond acceptors (Lipinski definition) is 1. The Morgan fingerprint density at radius 1 is 1.06 bits per heavy atom. The molecule has 0 atom stereocenters. The van der Waals surface area contributed by atoms with E-state index >= 15 is 0 Å². The lowest BCUT2D eigenvalue weighted by Gasteiger charge is -2.10. The molecular weight excluding hydrogens is 206 g/mol. The van der Waals surface area contributed by atoms with Gasteiger partial charge < -0.3 is 0 Å². The van der Waals surface area contributed by atoms with Crippen molar-refractivity contribution in [2.45, 2.75) is 20.3 Å². The second-order valence-corrected chi connectivity index (χ2v) is 4.13. The van der Waals surface area contributed by atoms with E-state index in [0.717, 1.165) is 6.42 Å². The van der Waals surface area contributed by atoms with Crippen molar-refractivity contribution >= 4 is 0 Å². The number of hydrogen-bond donors (Lipinski definition) is 0. The second-order valence-electron chi connectivity index (χ2n) is 4.13. The van der Waals surface area contributed by atoms with Gasteiger partial charge in [-0.2, -0.15) is 5.26 Å². The third kappa shape index (κ3) is 2.21. The highest BCUT2D eigenvalue weighted by atomic mass is 14.2. The van der Waals surface area contributed by atoms with Gasteiger partial charge in [0.25, 0.3) is 0 Å². The third-order valence-corrected chi connectivity index (χ3v) is 3.15. The monoisotopic (exact) mass is 221 g/mol. The van der Waals surface area contributed by atoms with Gasteiger partial charge in [0.1, 0.15) is 0 Å². The standard InChI is InChI=1S/C16H15N/c1-3-14-5-4-6-16(12(14)2)15-9-7-13(11-17)8-10-15/h4-10H,3H2,1-2H3. The van der Waals surface area contributed by atoms with Crippen molar-refractivity contribution in [2.75, 3.05) is 0 Å². The largest absolute Gasteiger partial charge is 0.192 e. The maximum atomic E-state index is 8.79. The molecule has 0 bridgehead atoms. The SMILES string of the molecule is CCc1cccc(-c2ccc(C#N)cc2)c1C. The smallest absolute Gasteiger partial charge is 0.0991 e. The molecule has 1 heteroatoms. The molecule has 0 spiro atoms. The fourth-order valence-electron chi connectivity index (χ4n) is 2.10. The zero-order chi connectivity index (χ0) is 12.3. The van der Waals surface area contributed by atoms with Gasteiger partial charge in [0.15, 0.2) is 0 Å². The summed E-state index contributed by atoms with van der Waals surface area (Å²) in [7, 11) is 0. The van der Waals surface area contributed by atoms with Gasteiger partial charge in [-0.1, -0.05) is 37.3 Å². The molecule has 0 saturated carbocycles. The van der Waals surface area contributed by atoms with E-state index in [-0.39, 0.29) is 0 Å². The van der Waals surface area contributed by atoms with Gasteiger partial charge in [-0.05, 0) is 47.7 Å². The Balaban J connectivity index is 2.49. The quantitative estimate of drug-likeness (QED) is 0.749. The fourth-order valence-corrected chi connectivity index (χ4v) is 2.10. The van der Waals surface area contributed by atoms with E-state index in [1.165, 1.54) is 22.3 Å². The van der Waals surface area contributed by atoms with Crippen LogP contribution in [0.1, 0.15) is 23.6 Å². The van der Waals surface area contributed by atoms with Crippen LogP contribution in [0.3, 0.4) is 0 Å². The zero-order valence-electron chi connectivity index (χ0n) is 10.2. The molecule has 0 N–H and O–H groups in total. The predicted octanol–water partition coefficient (Wildman–Crippen LogP) is 4.10. The van der Waals surface area contributed by atoms with Crippen molar-refractivity contribution in [3.63, 3.8) is 0 Å². The average Bonchev–Trinajstić information content (AvgIpc) is 2.39. The first-order valence-corrected chi connectivity index (χ1v) is 5.85. The molecule has 0 radical (unpaired) electrons. The molecule has 0 fully saturated rings. The molecule has 2 aromatic rings. The Kier molecular flexibility index (Phi) is 3.25. The van der Waals surface area contributed by atoms with E-state index in [4.69, 9.17) is 5.26 Å². The molecule has 2 aromatic carbocycles. The van der Waals surface area contributed by atoms with E-state index in [9.17, 15) is 0 Å². The van der Waals surface area contributed by atoms with E-state index in [2.05, 4.69) is 38.1 Å². The van der Waals surface area contributed by atoms with Crippen molar-refractivity contribution in [2.24, 2.45) is 0 Å². The molecule has 1 nitrogen and oxygen atoms in total. The fraction of sp³-hybridized carbons (Fsp3) is 0.188. The van der Waals surface area contributed by atoms with Crippen LogP contribution < -0.4 is 0 Å². The van der Waals surface area contributed by atoms with Gasteiger partial charge in [-0.3, -0.25) is 0 Å². The van der Waals surface area contributed by atoms with Crippen LogP contribution in [-0.2, 0) is 6.42 Å². The number of benzene rings is 2. The lowest BCUT2D eigenvalue weighted by molar-refractivity contribution is 1.11. The maximum Gasteiger partial charge on any atom is 0.0991 e. The Labute approximate surface area is 102 Å². The Bertz CT molecular complexity index is 559. The Morgan fingerprint density at radius 3 is 2.35 bits per heavy atom. The molecule has 17 heavy (non-hydrogen) atoms. The molecule has 2 rings (SSSR count). The lowest BCUT2D eigenvalue weighted by Crippen LogP contribution is -1.90. The first-order valence-electron chi connectivity index (χ1n) is 5.85. The first kappa shape index (κ1) is 11.4. The first-order chi connectivity index (χ1) is 8.26. The highest BCUT2D eigenvalue weighted by Gasteiger charge is 2.04. The minimum absolute atomic E-state index is 0.707. The molecule has 0 aliphatic heterocycles. The van der Waals surface area contributed by atoms with Crippen molar-refractivity contribution in [3.8, 4) is 17.2 Å². The summed E-state index contributed by atoms with van der Waals surface area (Å²) in [5.41, 5.74) is 5.86. The molecule has 0 heterocycles. The minimum atomic E-state index is 0.707. The topological polar surface area (TPSA) is 23.8 Å². The normalized spacial score (nSPS) is 9.94. The minimum Gasteiger partial charge on any atom is -0.192 e. The van der Waals surface area contributed by atoms with Crippen molar-refractivity contribution in [3.05, 3.63) is 59.2 Å². The van der Waals surface area contributed by atoms with Gasteiger partial charge in [-0.25, -0.2) is 0 Å². The summed E-state index contributed by atoms with van der Waals surface area (Å²) in [5.74, 6) is 0. The van der Waals surface area contributed by atoms with Crippen molar-refractivity contribution in [1.82, 2.24) is 0 Å². The highest BCUT2D eigenvalue weighted by Crippen LogP contribution is 2.26. The summed E-state index contributed by atoms with van der Waals surface area (Å²) in [5, 5.41) is 8.79. The van der Waals surface area contributed by atoms with Gasteiger partial charge in [0, 0.05) is 0 Å². The number of aryl methyl sites for hydroxylation is 1. The summed E-state index contributed by atoms with van der Waals surface area (Å²) >= 11 is 0. The number of nitriles is 1. The third-order valence-electron chi connectivity index (χ3n) is 3.15. The highest BCUT2D eigenvalue weighted by molar-refractivity contribution is 5.69. The number of rotatable bonds is 2. The van der Waals surface area contributed by atoms with Crippen LogP contribution in [0, 0.1) is 18.3 Å².